The second-order valence-corrected chi connectivity index (χ2v) is 9.23. The summed E-state index contributed by atoms with van der Waals surface area (Å²) >= 11 is 0. The predicted molar refractivity (Wildman–Crippen MR) is 132 cm³/mol. The molecule has 2 aromatic heterocycles. The Morgan fingerprint density at radius 1 is 1.17 bits per heavy atom. The van der Waals surface area contributed by atoms with Crippen LogP contribution in [0.3, 0.4) is 0 Å². The van der Waals surface area contributed by atoms with Crippen molar-refractivity contribution < 1.29 is 13.5 Å². The van der Waals surface area contributed by atoms with Crippen molar-refractivity contribution in [1.82, 2.24) is 25.2 Å². The summed E-state index contributed by atoms with van der Waals surface area (Å²) in [5, 5.41) is 2.90. The summed E-state index contributed by atoms with van der Waals surface area (Å²) in [7, 11) is 3.86. The van der Waals surface area contributed by atoms with Crippen molar-refractivity contribution >= 4 is 16.7 Å². The molecule has 180 valence electrons. The van der Waals surface area contributed by atoms with Crippen LogP contribution in [0.5, 0.6) is 5.75 Å². The summed E-state index contributed by atoms with van der Waals surface area (Å²) in [6.45, 7) is 3.97. The number of halogens is 2. The fraction of sp³-hybridized carbons (Fsp3) is 0.308. The van der Waals surface area contributed by atoms with Crippen LogP contribution in [0.25, 0.3) is 33.5 Å². The van der Waals surface area contributed by atoms with Gasteiger partial charge in [-0.25, -0.2) is 18.7 Å². The van der Waals surface area contributed by atoms with Crippen molar-refractivity contribution in [3.05, 3.63) is 59.9 Å². The van der Waals surface area contributed by atoms with Gasteiger partial charge in [-0.3, -0.25) is 0 Å². The highest BCUT2D eigenvalue weighted by atomic mass is 19.1. The highest BCUT2D eigenvalue weighted by Gasteiger charge is 2.32. The van der Waals surface area contributed by atoms with Crippen LogP contribution in [0, 0.1) is 11.6 Å². The lowest BCUT2D eigenvalue weighted by Gasteiger charge is -2.44. The van der Waals surface area contributed by atoms with Crippen LogP contribution in [0.4, 0.5) is 14.5 Å². The molecule has 0 amide bonds. The maximum atomic E-state index is 14.8. The average Bonchev–Trinajstić information content (AvgIpc) is 3.26. The van der Waals surface area contributed by atoms with Gasteiger partial charge in [-0.05, 0) is 49.5 Å². The number of likely N-dealkylation sites (N-methyl/N-ethyl adjacent to an activating group) is 1. The van der Waals surface area contributed by atoms with Gasteiger partial charge in [-0.1, -0.05) is 6.07 Å². The first-order valence-corrected chi connectivity index (χ1v) is 11.7. The summed E-state index contributed by atoms with van der Waals surface area (Å²) in [4.78, 5) is 16.7. The largest absolute Gasteiger partial charge is 0.489 e. The van der Waals surface area contributed by atoms with Gasteiger partial charge in [-0.2, -0.15) is 0 Å². The zero-order valence-electron chi connectivity index (χ0n) is 19.6. The van der Waals surface area contributed by atoms with Crippen LogP contribution in [-0.2, 0) is 6.54 Å². The van der Waals surface area contributed by atoms with Crippen LogP contribution >= 0.6 is 0 Å². The molecule has 0 bridgehead atoms. The summed E-state index contributed by atoms with van der Waals surface area (Å²) in [5.74, 6) is -0.519. The van der Waals surface area contributed by atoms with Crippen molar-refractivity contribution in [2.24, 2.45) is 0 Å². The van der Waals surface area contributed by atoms with Gasteiger partial charge >= 0.3 is 0 Å². The Labute approximate surface area is 201 Å². The molecule has 2 N–H and O–H groups in total. The van der Waals surface area contributed by atoms with Gasteiger partial charge in [0.2, 0.25) is 0 Å². The number of aromatic amines is 1. The molecule has 4 aromatic rings. The third-order valence-electron chi connectivity index (χ3n) is 6.82. The second kappa shape index (κ2) is 8.58. The number of piperazine rings is 1. The van der Waals surface area contributed by atoms with Gasteiger partial charge in [0.15, 0.2) is 5.82 Å². The molecule has 4 heterocycles. The van der Waals surface area contributed by atoms with E-state index in [1.165, 1.54) is 12.1 Å². The summed E-state index contributed by atoms with van der Waals surface area (Å²) in [6.07, 6.45) is 3.40. The second-order valence-electron chi connectivity index (χ2n) is 9.23. The number of benzene rings is 2. The van der Waals surface area contributed by atoms with Gasteiger partial charge in [0.25, 0.3) is 0 Å². The molecule has 35 heavy (non-hydrogen) atoms. The van der Waals surface area contributed by atoms with Gasteiger partial charge in [0.05, 0.1) is 34.5 Å². The fourth-order valence-electron chi connectivity index (χ4n) is 5.09. The minimum absolute atomic E-state index is 0.0128. The van der Waals surface area contributed by atoms with Crippen LogP contribution in [-0.4, -0.2) is 66.2 Å². The zero-order chi connectivity index (χ0) is 24.1. The molecular formula is C26H26F2N6O. The van der Waals surface area contributed by atoms with Gasteiger partial charge < -0.3 is 24.8 Å². The minimum Gasteiger partial charge on any atom is -0.489 e. The monoisotopic (exact) mass is 476 g/mol. The quantitative estimate of drug-likeness (QED) is 0.467. The molecule has 0 saturated carbocycles. The normalized spacial score (nSPS) is 17.8. The van der Waals surface area contributed by atoms with E-state index in [9.17, 15) is 8.78 Å². The Morgan fingerprint density at radius 2 is 2.00 bits per heavy atom. The van der Waals surface area contributed by atoms with Crippen molar-refractivity contribution in [3.63, 3.8) is 0 Å². The first kappa shape index (κ1) is 21.9. The van der Waals surface area contributed by atoms with E-state index in [2.05, 4.69) is 43.2 Å². The lowest BCUT2D eigenvalue weighted by molar-refractivity contribution is 0.188. The number of anilines is 1. The first-order chi connectivity index (χ1) is 17.0. The number of ether oxygens (including phenoxy) is 1. The van der Waals surface area contributed by atoms with Crippen LogP contribution in [0.15, 0.2) is 42.7 Å². The lowest BCUT2D eigenvalue weighted by Crippen LogP contribution is -2.56. The standard InChI is InChI=1S/C26H26F2N6O/c1-29-10-15-7-19(27)24(20(28)8-15)26-31-12-21-25(32-26)18(11-30-21)16-3-4-22-23(9-16)35-14-17-13-33(2)5-6-34(17)22/h3-4,7-9,11-12,17,29-30H,5-6,10,13-14H2,1-2H3. The highest BCUT2D eigenvalue weighted by Crippen LogP contribution is 2.39. The van der Waals surface area contributed by atoms with E-state index in [4.69, 9.17) is 4.74 Å². The fourth-order valence-corrected chi connectivity index (χ4v) is 5.09. The number of H-pyrrole nitrogens is 1. The molecule has 0 radical (unpaired) electrons. The molecule has 2 aromatic carbocycles. The van der Waals surface area contributed by atoms with Crippen molar-refractivity contribution in [3.8, 4) is 28.3 Å². The van der Waals surface area contributed by atoms with E-state index in [-0.39, 0.29) is 11.4 Å². The van der Waals surface area contributed by atoms with Gasteiger partial charge in [-0.15, -0.1) is 0 Å². The van der Waals surface area contributed by atoms with Gasteiger partial charge in [0.1, 0.15) is 24.0 Å². The molecule has 1 saturated heterocycles. The summed E-state index contributed by atoms with van der Waals surface area (Å²) < 4.78 is 35.8. The van der Waals surface area contributed by atoms with Crippen LogP contribution < -0.4 is 15.0 Å². The number of hydrogen-bond acceptors (Lipinski definition) is 6. The molecule has 2 aliphatic heterocycles. The zero-order valence-corrected chi connectivity index (χ0v) is 19.6. The van der Waals surface area contributed by atoms with Crippen molar-refractivity contribution in [2.45, 2.75) is 12.6 Å². The molecule has 1 atom stereocenters. The SMILES string of the molecule is CNCc1cc(F)c(-c2ncc3[nH]cc(-c4ccc5c(c4)OCC4CN(C)CCN54)c3n2)c(F)c1. The molecule has 6 rings (SSSR count). The summed E-state index contributed by atoms with van der Waals surface area (Å²) in [5.41, 5.74) is 4.41. The highest BCUT2D eigenvalue weighted by molar-refractivity contribution is 5.93. The molecule has 0 spiro atoms. The number of nitrogens with one attached hydrogen (secondary N) is 2. The molecule has 7 nitrogen and oxygen atoms in total. The Bertz CT molecular complexity index is 1400. The van der Waals surface area contributed by atoms with Gasteiger partial charge in [0, 0.05) is 37.9 Å². The maximum absolute atomic E-state index is 14.8. The Hall–Kier alpha value is -3.56. The van der Waals surface area contributed by atoms with Crippen molar-refractivity contribution in [1.29, 1.82) is 0 Å². The number of hydrogen-bond donors (Lipinski definition) is 2. The predicted octanol–water partition coefficient (Wildman–Crippen LogP) is 3.80. The first-order valence-electron chi connectivity index (χ1n) is 11.7. The molecule has 1 fully saturated rings. The minimum atomic E-state index is -0.685. The molecule has 2 aliphatic rings. The average molecular weight is 477 g/mol. The van der Waals surface area contributed by atoms with Crippen LogP contribution in [0.1, 0.15) is 5.56 Å². The van der Waals surface area contributed by atoms with E-state index in [0.29, 0.717) is 35.8 Å². The third-order valence-corrected chi connectivity index (χ3v) is 6.82. The lowest BCUT2D eigenvalue weighted by atomic mass is 10.0. The smallest absolute Gasteiger partial charge is 0.165 e. The van der Waals surface area contributed by atoms with E-state index in [1.807, 2.05) is 18.3 Å². The van der Waals surface area contributed by atoms with E-state index >= 15 is 0 Å². The molecule has 1 unspecified atom stereocenters. The van der Waals surface area contributed by atoms with E-state index in [0.717, 1.165) is 42.2 Å². The summed E-state index contributed by atoms with van der Waals surface area (Å²) in [6, 6.07) is 9.12. The third kappa shape index (κ3) is 3.81. The number of nitrogens with zero attached hydrogens (tertiary/aromatic N) is 4. The number of aromatic nitrogens is 3. The topological polar surface area (TPSA) is 69.3 Å². The number of rotatable bonds is 4. The Balaban J connectivity index is 1.38. The van der Waals surface area contributed by atoms with E-state index < -0.39 is 11.6 Å². The van der Waals surface area contributed by atoms with Crippen LogP contribution in [0.2, 0.25) is 0 Å². The van der Waals surface area contributed by atoms with Crippen molar-refractivity contribution in [2.75, 3.05) is 45.2 Å². The molecule has 9 heteroatoms. The number of fused-ring (bicyclic) bond motifs is 4. The Morgan fingerprint density at radius 3 is 2.80 bits per heavy atom. The Kier molecular flexibility index (Phi) is 5.38. The molecule has 0 aliphatic carbocycles. The maximum Gasteiger partial charge on any atom is 0.165 e. The van der Waals surface area contributed by atoms with E-state index in [1.54, 1.807) is 13.2 Å². The molecular weight excluding hydrogens is 450 g/mol.